The molecule has 0 aromatic heterocycles. The molecule has 0 aliphatic carbocycles. The van der Waals surface area contributed by atoms with Gasteiger partial charge in [-0.2, -0.15) is 0 Å². The van der Waals surface area contributed by atoms with Crippen molar-refractivity contribution in [3.05, 3.63) is 0 Å². The summed E-state index contributed by atoms with van der Waals surface area (Å²) in [4.78, 5) is 22.5. The summed E-state index contributed by atoms with van der Waals surface area (Å²) in [6.45, 7) is 4.36. The maximum atomic E-state index is 11.9. The first-order valence-electron chi connectivity index (χ1n) is 13.2. The van der Waals surface area contributed by atoms with Gasteiger partial charge in [0.05, 0.1) is 27.2 Å². The van der Waals surface area contributed by atoms with E-state index in [4.69, 9.17) is 0 Å². The summed E-state index contributed by atoms with van der Waals surface area (Å²) in [5.41, 5.74) is 0. The number of carbonyl (C=O) groups is 2. The van der Waals surface area contributed by atoms with E-state index < -0.39 is 5.97 Å². The second-order valence-electron chi connectivity index (χ2n) is 9.91. The molecule has 0 rings (SSSR count). The van der Waals surface area contributed by atoms with E-state index in [9.17, 15) is 14.7 Å². The molecule has 0 aromatic rings. The lowest BCUT2D eigenvalue weighted by Crippen LogP contribution is -2.44. The molecule has 1 N–H and O–H groups in total. The first kappa shape index (κ1) is 29.9. The molecule has 0 atom stereocenters. The van der Waals surface area contributed by atoms with Gasteiger partial charge in [0.15, 0.2) is 0 Å². The first-order chi connectivity index (χ1) is 14.9. The van der Waals surface area contributed by atoms with E-state index in [1.54, 1.807) is 0 Å². The van der Waals surface area contributed by atoms with E-state index >= 15 is 0 Å². The second-order valence-corrected chi connectivity index (χ2v) is 9.91. The zero-order valence-corrected chi connectivity index (χ0v) is 21.0. The van der Waals surface area contributed by atoms with Crippen molar-refractivity contribution in [1.82, 2.24) is 5.32 Å². The Bertz CT molecular complexity index is 438. The highest BCUT2D eigenvalue weighted by molar-refractivity contribution is 5.75. The molecule has 0 bridgehead atoms. The number of quaternary nitrogens is 1. The molecule has 0 heterocycles. The Kier molecular flexibility index (Phi) is 20.0. The fourth-order valence-electron chi connectivity index (χ4n) is 3.99. The fraction of sp³-hybridized carbons (Fsp3) is 0.923. The molecule has 0 saturated carbocycles. The predicted octanol–water partition coefficient (Wildman–Crippen LogP) is 4.97. The van der Waals surface area contributed by atoms with Crippen molar-refractivity contribution < 1.29 is 19.2 Å². The molecule has 0 aromatic carbocycles. The Morgan fingerprint density at radius 3 is 1.55 bits per heavy atom. The summed E-state index contributed by atoms with van der Waals surface area (Å²) in [7, 11) is 4.03. The largest absolute Gasteiger partial charge is 0.550 e. The van der Waals surface area contributed by atoms with Crippen LogP contribution in [0.4, 0.5) is 0 Å². The smallest absolute Gasteiger partial charge is 0.219 e. The molecule has 0 unspecified atom stereocenters. The molecule has 184 valence electrons. The van der Waals surface area contributed by atoms with Gasteiger partial charge in [0.2, 0.25) is 5.91 Å². The van der Waals surface area contributed by atoms with Gasteiger partial charge in [-0.25, -0.2) is 0 Å². The lowest BCUT2D eigenvalue weighted by Gasteiger charge is -2.30. The maximum absolute atomic E-state index is 11.9. The third kappa shape index (κ3) is 23.4. The summed E-state index contributed by atoms with van der Waals surface area (Å²) >= 11 is 0. The van der Waals surface area contributed by atoms with Crippen LogP contribution < -0.4 is 10.4 Å². The van der Waals surface area contributed by atoms with E-state index in [-0.39, 0.29) is 12.3 Å². The molecule has 5 nitrogen and oxygen atoms in total. The topological polar surface area (TPSA) is 69.2 Å². The Morgan fingerprint density at radius 2 is 1.10 bits per heavy atom. The molecule has 5 heteroatoms. The number of amides is 1. The highest BCUT2D eigenvalue weighted by atomic mass is 16.4. The third-order valence-electron chi connectivity index (χ3n) is 6.19. The van der Waals surface area contributed by atoms with Gasteiger partial charge in [0, 0.05) is 31.8 Å². The average molecular weight is 441 g/mol. The van der Waals surface area contributed by atoms with Crippen LogP contribution in [-0.4, -0.2) is 50.1 Å². The Balaban J connectivity index is 3.33. The van der Waals surface area contributed by atoms with Crippen molar-refractivity contribution in [1.29, 1.82) is 0 Å². The Hall–Kier alpha value is -1.10. The number of rotatable bonds is 23. The van der Waals surface area contributed by atoms with Crippen molar-refractivity contribution in [2.75, 3.05) is 33.7 Å². The number of carboxylic acid groups (broad SMARTS) is 1. The number of carboxylic acids is 1. The fourth-order valence-corrected chi connectivity index (χ4v) is 3.99. The Morgan fingerprint density at radius 1 is 0.645 bits per heavy atom. The second kappa shape index (κ2) is 20.8. The number of nitrogens with one attached hydrogen (secondary N) is 1. The minimum atomic E-state index is -0.997. The standard InChI is InChI=1S/C26H52N2O3/c1-4-5-6-7-8-9-10-11-12-13-14-15-16-17-18-20-25(29)27-22-19-23-28(2,3)24-21-26(30)31/h4-24H2,1-3H3,(H-,27,29,30,31). The Labute approximate surface area is 192 Å². The maximum Gasteiger partial charge on any atom is 0.219 e. The zero-order valence-electron chi connectivity index (χ0n) is 21.0. The van der Waals surface area contributed by atoms with Gasteiger partial charge in [0.1, 0.15) is 0 Å². The van der Waals surface area contributed by atoms with E-state index in [1.807, 2.05) is 14.1 Å². The van der Waals surface area contributed by atoms with Gasteiger partial charge in [-0.3, -0.25) is 4.79 Å². The normalized spacial score (nSPS) is 11.6. The summed E-state index contributed by atoms with van der Waals surface area (Å²) in [5, 5.41) is 13.6. The van der Waals surface area contributed by atoms with Crippen LogP contribution in [0.25, 0.3) is 0 Å². The SMILES string of the molecule is CCCCCCCCCCCCCCCCCC(=O)NCCC[N+](C)(C)CCC(=O)[O-]. The highest BCUT2D eigenvalue weighted by Crippen LogP contribution is 2.13. The minimum Gasteiger partial charge on any atom is -0.550 e. The first-order valence-corrected chi connectivity index (χ1v) is 13.2. The zero-order chi connectivity index (χ0) is 23.2. The lowest BCUT2D eigenvalue weighted by atomic mass is 10.0. The molecule has 31 heavy (non-hydrogen) atoms. The van der Waals surface area contributed by atoms with Crippen LogP contribution in [0.3, 0.4) is 0 Å². The molecule has 0 aliphatic heterocycles. The van der Waals surface area contributed by atoms with Crippen LogP contribution in [-0.2, 0) is 9.59 Å². The number of carbonyl (C=O) groups excluding carboxylic acids is 2. The molecular weight excluding hydrogens is 388 g/mol. The van der Waals surface area contributed by atoms with Gasteiger partial charge in [-0.15, -0.1) is 0 Å². The molecular formula is C26H52N2O3. The minimum absolute atomic E-state index is 0.0819. The molecule has 0 spiro atoms. The van der Waals surface area contributed by atoms with Crippen LogP contribution >= 0.6 is 0 Å². The predicted molar refractivity (Wildman–Crippen MR) is 129 cm³/mol. The van der Waals surface area contributed by atoms with Gasteiger partial charge < -0.3 is 19.7 Å². The van der Waals surface area contributed by atoms with Crippen LogP contribution in [0.5, 0.6) is 0 Å². The summed E-state index contributed by atoms with van der Waals surface area (Å²) in [6, 6.07) is 0. The van der Waals surface area contributed by atoms with Gasteiger partial charge in [-0.05, 0) is 6.42 Å². The number of aliphatic carboxylic acids is 1. The van der Waals surface area contributed by atoms with E-state index in [0.29, 0.717) is 24.0 Å². The summed E-state index contributed by atoms with van der Waals surface area (Å²) < 4.78 is 0.642. The van der Waals surface area contributed by atoms with E-state index in [1.165, 1.54) is 83.5 Å². The third-order valence-corrected chi connectivity index (χ3v) is 6.19. The van der Waals surface area contributed by atoms with Crippen molar-refractivity contribution in [2.24, 2.45) is 0 Å². The summed E-state index contributed by atoms with van der Waals surface area (Å²) in [5.74, 6) is -0.849. The van der Waals surface area contributed by atoms with Crippen molar-refractivity contribution in [3.63, 3.8) is 0 Å². The van der Waals surface area contributed by atoms with Crippen molar-refractivity contribution in [3.8, 4) is 0 Å². The lowest BCUT2D eigenvalue weighted by molar-refractivity contribution is -0.890. The number of nitrogens with zero attached hydrogens (tertiary/aromatic N) is 1. The quantitative estimate of drug-likeness (QED) is 0.180. The monoisotopic (exact) mass is 440 g/mol. The molecule has 0 fully saturated rings. The van der Waals surface area contributed by atoms with Crippen LogP contribution in [0.15, 0.2) is 0 Å². The highest BCUT2D eigenvalue weighted by Gasteiger charge is 2.14. The number of unbranched alkanes of at least 4 members (excludes halogenated alkanes) is 14. The van der Waals surface area contributed by atoms with E-state index in [2.05, 4.69) is 12.2 Å². The number of hydrogen-bond acceptors (Lipinski definition) is 3. The molecule has 1 amide bonds. The van der Waals surface area contributed by atoms with Crippen LogP contribution in [0, 0.1) is 0 Å². The molecule has 0 saturated heterocycles. The average Bonchev–Trinajstić information content (AvgIpc) is 2.72. The molecule has 0 aliphatic rings. The van der Waals surface area contributed by atoms with Crippen LogP contribution in [0.1, 0.15) is 122 Å². The van der Waals surface area contributed by atoms with Crippen molar-refractivity contribution >= 4 is 11.9 Å². The summed E-state index contributed by atoms with van der Waals surface area (Å²) in [6.07, 6.45) is 21.6. The molecule has 0 radical (unpaired) electrons. The van der Waals surface area contributed by atoms with Crippen molar-refractivity contribution in [2.45, 2.75) is 122 Å². The number of hydrogen-bond donors (Lipinski definition) is 1. The van der Waals surface area contributed by atoms with Gasteiger partial charge in [-0.1, -0.05) is 96.8 Å². The van der Waals surface area contributed by atoms with Gasteiger partial charge >= 0.3 is 0 Å². The van der Waals surface area contributed by atoms with E-state index in [0.717, 1.165) is 25.8 Å². The van der Waals surface area contributed by atoms with Crippen LogP contribution in [0.2, 0.25) is 0 Å². The van der Waals surface area contributed by atoms with Gasteiger partial charge in [0.25, 0.3) is 0 Å².